The first kappa shape index (κ1) is 13.5. The molecule has 0 saturated heterocycles. The van der Waals surface area contributed by atoms with E-state index in [1.54, 1.807) is 17.4 Å². The van der Waals surface area contributed by atoms with E-state index in [4.69, 9.17) is 5.73 Å². The third-order valence-corrected chi connectivity index (χ3v) is 3.57. The minimum Gasteiger partial charge on any atom is -0.397 e. The van der Waals surface area contributed by atoms with E-state index < -0.39 is 0 Å². The zero-order valence-corrected chi connectivity index (χ0v) is 11.5. The Kier molecular flexibility index (Phi) is 4.46. The Balaban J connectivity index is 1.75. The third kappa shape index (κ3) is 4.03. The Morgan fingerprint density at radius 1 is 1.47 bits per heavy atom. The molecule has 0 atom stereocenters. The molecule has 0 aliphatic carbocycles. The van der Waals surface area contributed by atoms with Gasteiger partial charge in [-0.15, -0.1) is 11.3 Å². The molecular weight excluding hydrogens is 260 g/mol. The second-order valence-electron chi connectivity index (χ2n) is 4.25. The van der Waals surface area contributed by atoms with E-state index in [1.165, 1.54) is 12.4 Å². The van der Waals surface area contributed by atoms with Crippen molar-refractivity contribution in [2.75, 3.05) is 12.3 Å². The highest BCUT2D eigenvalue weighted by Crippen LogP contribution is 2.10. The van der Waals surface area contributed by atoms with Gasteiger partial charge in [-0.1, -0.05) is 0 Å². The maximum Gasteiger partial charge on any atom is 0.252 e. The standard InChI is InChI=1S/C13H16N4OS/c1-9-8-19-12(17-9)3-2-4-16-13(18)10-5-11(14)7-15-6-10/h5-8H,2-4,14H2,1H3,(H,16,18). The van der Waals surface area contributed by atoms with Gasteiger partial charge in [0, 0.05) is 36.4 Å². The molecule has 2 heterocycles. The zero-order chi connectivity index (χ0) is 13.7. The number of amides is 1. The number of hydrogen-bond donors (Lipinski definition) is 2. The van der Waals surface area contributed by atoms with Crippen molar-refractivity contribution in [3.63, 3.8) is 0 Å². The van der Waals surface area contributed by atoms with Crippen molar-refractivity contribution in [2.24, 2.45) is 0 Å². The molecule has 5 nitrogen and oxygen atoms in total. The summed E-state index contributed by atoms with van der Waals surface area (Å²) in [6.45, 7) is 2.60. The maximum atomic E-state index is 11.8. The monoisotopic (exact) mass is 276 g/mol. The molecule has 100 valence electrons. The quantitative estimate of drug-likeness (QED) is 0.816. The fourth-order valence-corrected chi connectivity index (χ4v) is 2.46. The van der Waals surface area contributed by atoms with Gasteiger partial charge in [0.25, 0.3) is 5.91 Å². The fraction of sp³-hybridized carbons (Fsp3) is 0.308. The van der Waals surface area contributed by atoms with Gasteiger partial charge in [0.2, 0.25) is 0 Å². The molecule has 0 aliphatic heterocycles. The number of aryl methyl sites for hydroxylation is 2. The Morgan fingerprint density at radius 3 is 3.00 bits per heavy atom. The van der Waals surface area contributed by atoms with Crippen LogP contribution >= 0.6 is 11.3 Å². The number of pyridine rings is 1. The van der Waals surface area contributed by atoms with Gasteiger partial charge in [0.1, 0.15) is 0 Å². The predicted molar refractivity (Wildman–Crippen MR) is 76.2 cm³/mol. The molecule has 6 heteroatoms. The van der Waals surface area contributed by atoms with Crippen LogP contribution in [0.2, 0.25) is 0 Å². The fourth-order valence-electron chi connectivity index (χ4n) is 1.64. The number of nitrogens with zero attached hydrogens (tertiary/aromatic N) is 2. The SMILES string of the molecule is Cc1csc(CCCNC(=O)c2cncc(N)c2)n1. The first-order chi connectivity index (χ1) is 9.15. The Labute approximate surface area is 115 Å². The first-order valence-corrected chi connectivity index (χ1v) is 6.93. The first-order valence-electron chi connectivity index (χ1n) is 6.05. The van der Waals surface area contributed by atoms with E-state index in [9.17, 15) is 4.79 Å². The topological polar surface area (TPSA) is 80.9 Å². The molecular formula is C13H16N4OS. The molecule has 2 aromatic heterocycles. The normalized spacial score (nSPS) is 10.4. The highest BCUT2D eigenvalue weighted by atomic mass is 32.1. The molecule has 2 aromatic rings. The highest BCUT2D eigenvalue weighted by molar-refractivity contribution is 7.09. The van der Waals surface area contributed by atoms with Crippen LogP contribution in [-0.4, -0.2) is 22.4 Å². The molecule has 0 bridgehead atoms. The molecule has 3 N–H and O–H groups in total. The molecule has 1 amide bonds. The van der Waals surface area contributed by atoms with Crippen LogP contribution in [0.5, 0.6) is 0 Å². The van der Waals surface area contributed by atoms with Crippen LogP contribution in [-0.2, 0) is 6.42 Å². The summed E-state index contributed by atoms with van der Waals surface area (Å²) in [6, 6.07) is 1.62. The van der Waals surface area contributed by atoms with E-state index in [0.717, 1.165) is 23.5 Å². The van der Waals surface area contributed by atoms with Crippen LogP contribution in [0.4, 0.5) is 5.69 Å². The number of nitrogens with two attached hydrogens (primary N) is 1. The minimum absolute atomic E-state index is 0.143. The van der Waals surface area contributed by atoms with Gasteiger partial charge in [-0.25, -0.2) is 4.98 Å². The molecule has 0 saturated carbocycles. The number of thiazole rings is 1. The van der Waals surface area contributed by atoms with Gasteiger partial charge in [-0.2, -0.15) is 0 Å². The van der Waals surface area contributed by atoms with Gasteiger partial charge < -0.3 is 11.1 Å². The number of nitrogen functional groups attached to an aromatic ring is 1. The Hall–Kier alpha value is -1.95. The van der Waals surface area contributed by atoms with Gasteiger partial charge >= 0.3 is 0 Å². The van der Waals surface area contributed by atoms with Crippen LogP contribution in [0.25, 0.3) is 0 Å². The van der Waals surface area contributed by atoms with Crippen LogP contribution < -0.4 is 11.1 Å². The Morgan fingerprint density at radius 2 is 2.32 bits per heavy atom. The lowest BCUT2D eigenvalue weighted by Crippen LogP contribution is -2.25. The van der Waals surface area contributed by atoms with Crippen molar-refractivity contribution in [3.8, 4) is 0 Å². The molecule has 0 aliphatic rings. The summed E-state index contributed by atoms with van der Waals surface area (Å²) in [7, 11) is 0. The summed E-state index contributed by atoms with van der Waals surface area (Å²) in [4.78, 5) is 20.1. The lowest BCUT2D eigenvalue weighted by molar-refractivity contribution is 0.0953. The second-order valence-corrected chi connectivity index (χ2v) is 5.19. The third-order valence-electron chi connectivity index (χ3n) is 2.54. The van der Waals surface area contributed by atoms with Gasteiger partial charge in [-0.3, -0.25) is 9.78 Å². The Bertz CT molecular complexity index is 567. The summed E-state index contributed by atoms with van der Waals surface area (Å²) >= 11 is 1.66. The molecule has 2 rings (SSSR count). The van der Waals surface area contributed by atoms with Crippen molar-refractivity contribution < 1.29 is 4.79 Å². The number of nitrogens with one attached hydrogen (secondary N) is 1. The minimum atomic E-state index is -0.143. The van der Waals surface area contributed by atoms with Gasteiger partial charge in [0.05, 0.1) is 16.3 Å². The van der Waals surface area contributed by atoms with Crippen molar-refractivity contribution in [1.82, 2.24) is 15.3 Å². The number of aromatic nitrogens is 2. The van der Waals surface area contributed by atoms with Crippen LogP contribution in [0.3, 0.4) is 0 Å². The van der Waals surface area contributed by atoms with Crippen molar-refractivity contribution in [2.45, 2.75) is 19.8 Å². The zero-order valence-electron chi connectivity index (χ0n) is 10.7. The molecule has 0 fully saturated rings. The lowest BCUT2D eigenvalue weighted by Gasteiger charge is -2.04. The molecule has 19 heavy (non-hydrogen) atoms. The molecule has 0 aromatic carbocycles. The van der Waals surface area contributed by atoms with Crippen LogP contribution in [0, 0.1) is 6.92 Å². The summed E-state index contributed by atoms with van der Waals surface area (Å²) in [5.41, 5.74) is 7.61. The number of rotatable bonds is 5. The number of anilines is 1. The van der Waals surface area contributed by atoms with Crippen molar-refractivity contribution in [3.05, 3.63) is 40.1 Å². The highest BCUT2D eigenvalue weighted by Gasteiger charge is 2.05. The van der Waals surface area contributed by atoms with E-state index in [2.05, 4.69) is 15.3 Å². The summed E-state index contributed by atoms with van der Waals surface area (Å²) in [5, 5.41) is 5.99. The van der Waals surface area contributed by atoms with E-state index >= 15 is 0 Å². The van der Waals surface area contributed by atoms with Crippen molar-refractivity contribution >= 4 is 22.9 Å². The number of hydrogen-bond acceptors (Lipinski definition) is 5. The molecule has 0 unspecified atom stereocenters. The molecule has 0 spiro atoms. The lowest BCUT2D eigenvalue weighted by atomic mass is 10.2. The average molecular weight is 276 g/mol. The van der Waals surface area contributed by atoms with Crippen LogP contribution in [0.1, 0.15) is 27.5 Å². The van der Waals surface area contributed by atoms with Crippen molar-refractivity contribution in [1.29, 1.82) is 0 Å². The largest absolute Gasteiger partial charge is 0.397 e. The average Bonchev–Trinajstić information content (AvgIpc) is 2.80. The number of carbonyl (C=O) groups excluding carboxylic acids is 1. The van der Waals surface area contributed by atoms with E-state index in [1.807, 2.05) is 12.3 Å². The summed E-state index contributed by atoms with van der Waals surface area (Å²) < 4.78 is 0. The van der Waals surface area contributed by atoms with E-state index in [0.29, 0.717) is 17.8 Å². The molecule has 0 radical (unpaired) electrons. The number of carbonyl (C=O) groups is 1. The smallest absolute Gasteiger partial charge is 0.252 e. The van der Waals surface area contributed by atoms with Gasteiger partial charge in [-0.05, 0) is 19.4 Å². The van der Waals surface area contributed by atoms with Crippen LogP contribution in [0.15, 0.2) is 23.8 Å². The summed E-state index contributed by atoms with van der Waals surface area (Å²) in [5.74, 6) is -0.143. The second kappa shape index (κ2) is 6.29. The maximum absolute atomic E-state index is 11.8. The van der Waals surface area contributed by atoms with E-state index in [-0.39, 0.29) is 5.91 Å². The summed E-state index contributed by atoms with van der Waals surface area (Å²) in [6.07, 6.45) is 4.78. The van der Waals surface area contributed by atoms with Gasteiger partial charge in [0.15, 0.2) is 0 Å². The predicted octanol–water partition coefficient (Wildman–Crippen LogP) is 1.79.